The summed E-state index contributed by atoms with van der Waals surface area (Å²) < 4.78 is 2.24. The third-order valence-electron chi connectivity index (χ3n) is 4.74. The molecule has 0 bridgehead atoms. The minimum atomic E-state index is -0.880. The molecule has 21 heavy (non-hydrogen) atoms. The average Bonchev–Trinajstić information content (AvgIpc) is 3.03. The summed E-state index contributed by atoms with van der Waals surface area (Å²) in [7, 11) is 0. The number of aryl methyl sites for hydroxylation is 1. The highest BCUT2D eigenvalue weighted by molar-refractivity contribution is 5.92. The molecule has 4 nitrogen and oxygen atoms in total. The molecule has 0 radical (unpaired) electrons. The van der Waals surface area contributed by atoms with E-state index in [9.17, 15) is 9.90 Å². The van der Waals surface area contributed by atoms with Crippen molar-refractivity contribution in [1.29, 1.82) is 0 Å². The molecule has 1 aliphatic rings. The molecule has 0 atom stereocenters. The number of carboxylic acid groups (broad SMARTS) is 1. The van der Waals surface area contributed by atoms with E-state index in [1.54, 1.807) is 12.1 Å². The van der Waals surface area contributed by atoms with Crippen LogP contribution in [-0.2, 0) is 13.0 Å². The number of nitrogens with zero attached hydrogens (tertiary/aromatic N) is 2. The molecule has 1 N–H and O–H groups in total. The standard InChI is InChI=1S/C17H22N2O2/c1-3-15-18-13-7-6-12(16(20)21)10-14(13)19(15)11-17(2)8-4-5-9-17/h6-7,10H,3-5,8-9,11H2,1-2H3,(H,20,21). The summed E-state index contributed by atoms with van der Waals surface area (Å²) in [4.78, 5) is 15.9. The highest BCUT2D eigenvalue weighted by Gasteiger charge is 2.30. The Morgan fingerprint density at radius 1 is 1.38 bits per heavy atom. The molecule has 1 heterocycles. The van der Waals surface area contributed by atoms with E-state index in [0.717, 1.165) is 29.8 Å². The zero-order valence-corrected chi connectivity index (χ0v) is 12.7. The predicted octanol–water partition coefficient (Wildman–Crippen LogP) is 3.88. The first-order valence-electron chi connectivity index (χ1n) is 7.75. The van der Waals surface area contributed by atoms with E-state index in [1.165, 1.54) is 25.7 Å². The minimum Gasteiger partial charge on any atom is -0.478 e. The first-order chi connectivity index (χ1) is 10.0. The lowest BCUT2D eigenvalue weighted by Crippen LogP contribution is -2.21. The molecule has 1 aromatic carbocycles. The molecule has 0 saturated heterocycles. The number of benzene rings is 1. The summed E-state index contributed by atoms with van der Waals surface area (Å²) in [6.45, 7) is 5.38. The molecule has 0 spiro atoms. The van der Waals surface area contributed by atoms with E-state index in [2.05, 4.69) is 23.4 Å². The topological polar surface area (TPSA) is 55.1 Å². The fourth-order valence-corrected chi connectivity index (χ4v) is 3.52. The number of hydrogen-bond donors (Lipinski definition) is 1. The van der Waals surface area contributed by atoms with Crippen molar-refractivity contribution in [2.75, 3.05) is 0 Å². The number of imidazole rings is 1. The Morgan fingerprint density at radius 2 is 2.10 bits per heavy atom. The van der Waals surface area contributed by atoms with Gasteiger partial charge >= 0.3 is 5.97 Å². The lowest BCUT2D eigenvalue weighted by Gasteiger charge is -2.25. The zero-order valence-electron chi connectivity index (χ0n) is 12.7. The van der Waals surface area contributed by atoms with Gasteiger partial charge < -0.3 is 9.67 Å². The van der Waals surface area contributed by atoms with Gasteiger partial charge in [0.05, 0.1) is 16.6 Å². The van der Waals surface area contributed by atoms with Gasteiger partial charge in [0.25, 0.3) is 0 Å². The first-order valence-corrected chi connectivity index (χ1v) is 7.75. The van der Waals surface area contributed by atoms with Crippen LogP contribution >= 0.6 is 0 Å². The molecule has 3 rings (SSSR count). The molecule has 112 valence electrons. The summed E-state index contributed by atoms with van der Waals surface area (Å²) in [5.74, 6) is 0.176. The second kappa shape index (κ2) is 5.17. The van der Waals surface area contributed by atoms with Crippen LogP contribution in [-0.4, -0.2) is 20.6 Å². The second-order valence-electron chi connectivity index (χ2n) is 6.49. The van der Waals surface area contributed by atoms with Crippen molar-refractivity contribution in [3.05, 3.63) is 29.6 Å². The van der Waals surface area contributed by atoms with Gasteiger partial charge in [0.15, 0.2) is 0 Å². The van der Waals surface area contributed by atoms with Crippen molar-refractivity contribution in [2.45, 2.75) is 52.5 Å². The normalized spacial score (nSPS) is 17.4. The van der Waals surface area contributed by atoms with E-state index in [1.807, 2.05) is 6.07 Å². The Morgan fingerprint density at radius 3 is 2.71 bits per heavy atom. The number of carboxylic acids is 1. The maximum absolute atomic E-state index is 11.2. The number of rotatable bonds is 4. The molecule has 2 aromatic rings. The number of fused-ring (bicyclic) bond motifs is 1. The summed E-state index contributed by atoms with van der Waals surface area (Å²) in [5, 5.41) is 9.20. The summed E-state index contributed by atoms with van der Waals surface area (Å²) >= 11 is 0. The summed E-state index contributed by atoms with van der Waals surface area (Å²) in [6.07, 6.45) is 5.95. The third-order valence-corrected chi connectivity index (χ3v) is 4.74. The van der Waals surface area contributed by atoms with E-state index in [-0.39, 0.29) is 0 Å². The van der Waals surface area contributed by atoms with Crippen molar-refractivity contribution >= 4 is 17.0 Å². The van der Waals surface area contributed by atoms with Gasteiger partial charge in [-0.2, -0.15) is 0 Å². The Hall–Kier alpha value is -1.84. The van der Waals surface area contributed by atoms with Crippen LogP contribution in [0.2, 0.25) is 0 Å². The van der Waals surface area contributed by atoms with E-state index < -0.39 is 5.97 Å². The van der Waals surface area contributed by atoms with Gasteiger partial charge in [-0.05, 0) is 36.5 Å². The molecule has 1 fully saturated rings. The van der Waals surface area contributed by atoms with Crippen LogP contribution in [0.25, 0.3) is 11.0 Å². The lowest BCUT2D eigenvalue weighted by atomic mass is 9.88. The number of hydrogen-bond acceptors (Lipinski definition) is 2. The van der Waals surface area contributed by atoms with Crippen LogP contribution in [0.5, 0.6) is 0 Å². The zero-order chi connectivity index (χ0) is 15.0. The minimum absolute atomic E-state index is 0.316. The van der Waals surface area contributed by atoms with Crippen molar-refractivity contribution in [3.8, 4) is 0 Å². The highest BCUT2D eigenvalue weighted by atomic mass is 16.4. The maximum Gasteiger partial charge on any atom is 0.335 e. The maximum atomic E-state index is 11.2. The van der Waals surface area contributed by atoms with Gasteiger partial charge in [0.1, 0.15) is 5.82 Å². The first kappa shape index (κ1) is 14.1. The Labute approximate surface area is 124 Å². The van der Waals surface area contributed by atoms with Gasteiger partial charge in [-0.25, -0.2) is 9.78 Å². The second-order valence-corrected chi connectivity index (χ2v) is 6.49. The van der Waals surface area contributed by atoms with Gasteiger partial charge in [-0.15, -0.1) is 0 Å². The van der Waals surface area contributed by atoms with Crippen LogP contribution < -0.4 is 0 Å². The molecule has 0 amide bonds. The number of aromatic carboxylic acids is 1. The van der Waals surface area contributed by atoms with E-state index in [0.29, 0.717) is 11.0 Å². The fourth-order valence-electron chi connectivity index (χ4n) is 3.52. The van der Waals surface area contributed by atoms with Crippen molar-refractivity contribution in [3.63, 3.8) is 0 Å². The Bertz CT molecular complexity index is 681. The van der Waals surface area contributed by atoms with Crippen molar-refractivity contribution in [1.82, 2.24) is 9.55 Å². The van der Waals surface area contributed by atoms with Gasteiger partial charge in [-0.1, -0.05) is 26.7 Å². The molecule has 0 aliphatic heterocycles. The molecule has 1 aromatic heterocycles. The molecular weight excluding hydrogens is 264 g/mol. The molecule has 1 saturated carbocycles. The van der Waals surface area contributed by atoms with Gasteiger partial charge in [0.2, 0.25) is 0 Å². The number of carbonyl (C=O) groups is 1. The van der Waals surface area contributed by atoms with Crippen molar-refractivity contribution < 1.29 is 9.90 Å². The molecule has 1 aliphatic carbocycles. The Balaban J connectivity index is 2.09. The molecule has 0 unspecified atom stereocenters. The highest BCUT2D eigenvalue weighted by Crippen LogP contribution is 2.40. The summed E-state index contributed by atoms with van der Waals surface area (Å²) in [5.41, 5.74) is 2.51. The molecular formula is C17H22N2O2. The molecule has 4 heteroatoms. The fraction of sp³-hybridized carbons (Fsp3) is 0.529. The smallest absolute Gasteiger partial charge is 0.335 e. The van der Waals surface area contributed by atoms with E-state index in [4.69, 9.17) is 0 Å². The summed E-state index contributed by atoms with van der Waals surface area (Å²) in [6, 6.07) is 5.23. The van der Waals surface area contributed by atoms with E-state index >= 15 is 0 Å². The van der Waals surface area contributed by atoms with Gasteiger partial charge in [-0.3, -0.25) is 0 Å². The SMILES string of the molecule is CCc1nc2ccc(C(=O)O)cc2n1CC1(C)CCCC1. The van der Waals surface area contributed by atoms with Crippen LogP contribution in [0.15, 0.2) is 18.2 Å². The van der Waals surface area contributed by atoms with Crippen LogP contribution in [0.3, 0.4) is 0 Å². The Kier molecular flexibility index (Phi) is 3.47. The predicted molar refractivity (Wildman–Crippen MR) is 82.6 cm³/mol. The van der Waals surface area contributed by atoms with Gasteiger partial charge in [0, 0.05) is 13.0 Å². The monoisotopic (exact) mass is 286 g/mol. The lowest BCUT2D eigenvalue weighted by molar-refractivity contribution is 0.0697. The number of aromatic nitrogens is 2. The van der Waals surface area contributed by atoms with Crippen LogP contribution in [0, 0.1) is 5.41 Å². The quantitative estimate of drug-likeness (QED) is 0.928. The van der Waals surface area contributed by atoms with Crippen LogP contribution in [0.1, 0.15) is 55.7 Å². The average molecular weight is 286 g/mol. The van der Waals surface area contributed by atoms with Crippen LogP contribution in [0.4, 0.5) is 0 Å². The largest absolute Gasteiger partial charge is 0.478 e. The third kappa shape index (κ3) is 2.55. The van der Waals surface area contributed by atoms with Crippen molar-refractivity contribution in [2.24, 2.45) is 5.41 Å².